The zero-order valence-electron chi connectivity index (χ0n) is 16.7. The molecule has 1 aliphatic rings. The fourth-order valence-electron chi connectivity index (χ4n) is 3.75. The lowest BCUT2D eigenvalue weighted by molar-refractivity contribution is -0.0514. The number of alkyl halides is 2. The second-order valence-electron chi connectivity index (χ2n) is 7.36. The van der Waals surface area contributed by atoms with Crippen LogP contribution in [0.4, 0.5) is 8.78 Å². The van der Waals surface area contributed by atoms with Crippen molar-refractivity contribution in [1.82, 2.24) is 9.30 Å². The van der Waals surface area contributed by atoms with Gasteiger partial charge in [0.1, 0.15) is 6.07 Å². The van der Waals surface area contributed by atoms with E-state index < -0.39 is 6.61 Å². The Morgan fingerprint density at radius 3 is 2.73 bits per heavy atom. The first-order valence-corrected chi connectivity index (χ1v) is 10.0. The first-order chi connectivity index (χ1) is 14.6. The van der Waals surface area contributed by atoms with Gasteiger partial charge < -0.3 is 13.9 Å². The highest BCUT2D eigenvalue weighted by Crippen LogP contribution is 2.34. The predicted molar refractivity (Wildman–Crippen MR) is 109 cm³/mol. The van der Waals surface area contributed by atoms with Crippen LogP contribution in [0.25, 0.3) is 5.52 Å². The largest absolute Gasteiger partial charge is 0.490 e. The van der Waals surface area contributed by atoms with E-state index in [0.29, 0.717) is 37.1 Å². The van der Waals surface area contributed by atoms with Gasteiger partial charge in [0.25, 0.3) is 0 Å². The number of hydrogen-bond donors (Lipinski definition) is 0. The number of nitriles is 1. The van der Waals surface area contributed by atoms with Crippen LogP contribution in [-0.2, 0) is 13.1 Å². The Balaban J connectivity index is 1.58. The van der Waals surface area contributed by atoms with Crippen molar-refractivity contribution < 1.29 is 18.3 Å². The molecule has 0 radical (unpaired) electrons. The summed E-state index contributed by atoms with van der Waals surface area (Å²) in [4.78, 5) is 2.33. The molecule has 2 heterocycles. The number of ether oxygens (including phenoxy) is 2. The monoisotopic (exact) mass is 411 g/mol. The molecule has 156 valence electrons. The SMILES string of the molecule is CCOc1cc(CN(Cc2cn3ccccc3c2C#N)C2CC2)ccc1OC(F)F. The maximum absolute atomic E-state index is 12.7. The van der Waals surface area contributed by atoms with Crippen LogP contribution < -0.4 is 9.47 Å². The number of halogens is 2. The van der Waals surface area contributed by atoms with E-state index in [1.54, 1.807) is 19.1 Å². The fraction of sp³-hybridized carbons (Fsp3) is 0.348. The zero-order valence-corrected chi connectivity index (χ0v) is 16.7. The van der Waals surface area contributed by atoms with Crippen molar-refractivity contribution in [1.29, 1.82) is 5.26 Å². The van der Waals surface area contributed by atoms with Crippen molar-refractivity contribution in [3.63, 3.8) is 0 Å². The third-order valence-corrected chi connectivity index (χ3v) is 5.22. The summed E-state index contributed by atoms with van der Waals surface area (Å²) in [5.74, 6) is 0.359. The Labute approximate surface area is 174 Å². The molecule has 1 fully saturated rings. The number of fused-ring (bicyclic) bond motifs is 1. The fourth-order valence-corrected chi connectivity index (χ4v) is 3.75. The van der Waals surface area contributed by atoms with Gasteiger partial charge >= 0.3 is 6.61 Å². The van der Waals surface area contributed by atoms with Gasteiger partial charge in [-0.15, -0.1) is 0 Å². The lowest BCUT2D eigenvalue weighted by Crippen LogP contribution is -2.25. The molecule has 0 saturated heterocycles. The third kappa shape index (κ3) is 4.39. The van der Waals surface area contributed by atoms with E-state index in [9.17, 15) is 14.0 Å². The summed E-state index contributed by atoms with van der Waals surface area (Å²) in [6.45, 7) is 0.548. The van der Waals surface area contributed by atoms with E-state index in [0.717, 1.165) is 29.5 Å². The molecule has 1 saturated carbocycles. The molecule has 30 heavy (non-hydrogen) atoms. The molecule has 3 aromatic rings. The molecule has 0 aliphatic heterocycles. The second-order valence-corrected chi connectivity index (χ2v) is 7.36. The number of pyridine rings is 1. The van der Waals surface area contributed by atoms with Gasteiger partial charge in [0.05, 0.1) is 17.7 Å². The Bertz CT molecular complexity index is 1070. The smallest absolute Gasteiger partial charge is 0.387 e. The minimum atomic E-state index is -2.90. The van der Waals surface area contributed by atoms with Gasteiger partial charge in [-0.25, -0.2) is 0 Å². The highest BCUT2D eigenvalue weighted by atomic mass is 19.3. The van der Waals surface area contributed by atoms with Gasteiger partial charge in [0.2, 0.25) is 0 Å². The van der Waals surface area contributed by atoms with Crippen molar-refractivity contribution in [2.24, 2.45) is 0 Å². The zero-order chi connectivity index (χ0) is 21.1. The van der Waals surface area contributed by atoms with Crippen molar-refractivity contribution in [3.8, 4) is 17.6 Å². The normalized spacial score (nSPS) is 13.7. The van der Waals surface area contributed by atoms with E-state index >= 15 is 0 Å². The molecule has 1 aliphatic carbocycles. The Morgan fingerprint density at radius 2 is 2.03 bits per heavy atom. The number of benzene rings is 1. The number of hydrogen-bond acceptors (Lipinski definition) is 4. The second kappa shape index (κ2) is 8.72. The molecule has 2 aromatic heterocycles. The standard InChI is InChI=1S/C23H23F2N3O2/c1-2-29-22-11-16(6-9-21(22)30-23(24)25)13-28(18-7-8-18)15-17-14-27-10-4-3-5-20(27)19(17)12-26/h3-6,9-11,14,18,23H,2,7-8,13,15H2,1H3. The summed E-state index contributed by atoms with van der Waals surface area (Å²) in [6.07, 6.45) is 6.17. The van der Waals surface area contributed by atoms with Crippen LogP contribution >= 0.6 is 0 Å². The van der Waals surface area contributed by atoms with Gasteiger partial charge in [0, 0.05) is 37.1 Å². The van der Waals surface area contributed by atoms with Crippen LogP contribution in [0, 0.1) is 11.3 Å². The van der Waals surface area contributed by atoms with Gasteiger partial charge in [0.15, 0.2) is 11.5 Å². The Hall–Kier alpha value is -3.11. The molecule has 0 bridgehead atoms. The molecule has 0 N–H and O–H groups in total. The summed E-state index contributed by atoms with van der Waals surface area (Å²) >= 11 is 0. The maximum atomic E-state index is 12.7. The highest BCUT2D eigenvalue weighted by molar-refractivity contribution is 5.65. The van der Waals surface area contributed by atoms with E-state index in [4.69, 9.17) is 4.74 Å². The van der Waals surface area contributed by atoms with Gasteiger partial charge in [-0.2, -0.15) is 14.0 Å². The summed E-state index contributed by atoms with van der Waals surface area (Å²) < 4.78 is 37.4. The minimum Gasteiger partial charge on any atom is -0.490 e. The van der Waals surface area contributed by atoms with E-state index in [1.807, 2.05) is 35.0 Å². The molecular formula is C23H23F2N3O2. The topological polar surface area (TPSA) is 49.9 Å². The van der Waals surface area contributed by atoms with Crippen molar-refractivity contribution in [2.75, 3.05) is 6.61 Å². The lowest BCUT2D eigenvalue weighted by atomic mass is 10.1. The quantitative estimate of drug-likeness (QED) is 0.499. The van der Waals surface area contributed by atoms with Gasteiger partial charge in [-0.1, -0.05) is 12.1 Å². The van der Waals surface area contributed by atoms with Crippen LogP contribution in [0.5, 0.6) is 11.5 Å². The average molecular weight is 411 g/mol. The first-order valence-electron chi connectivity index (χ1n) is 10.0. The number of nitrogens with zero attached hydrogens (tertiary/aromatic N) is 3. The lowest BCUT2D eigenvalue weighted by Gasteiger charge is -2.22. The molecule has 4 rings (SSSR count). The van der Waals surface area contributed by atoms with Gasteiger partial charge in [-0.05, 0) is 49.6 Å². The van der Waals surface area contributed by atoms with Gasteiger partial charge in [-0.3, -0.25) is 4.90 Å². The van der Waals surface area contributed by atoms with Crippen molar-refractivity contribution in [2.45, 2.75) is 45.5 Å². The van der Waals surface area contributed by atoms with E-state index in [2.05, 4.69) is 15.7 Å². The minimum absolute atomic E-state index is 0.0408. The van der Waals surface area contributed by atoms with Crippen LogP contribution in [0.15, 0.2) is 48.8 Å². The summed E-state index contributed by atoms with van der Waals surface area (Å²) in [6, 6.07) is 13.7. The van der Waals surface area contributed by atoms with Crippen LogP contribution in [-0.4, -0.2) is 28.6 Å². The summed E-state index contributed by atoms with van der Waals surface area (Å²) in [5, 5.41) is 9.69. The Morgan fingerprint density at radius 1 is 1.20 bits per heavy atom. The molecule has 0 amide bonds. The van der Waals surface area contributed by atoms with E-state index in [1.165, 1.54) is 6.07 Å². The third-order valence-electron chi connectivity index (χ3n) is 5.22. The van der Waals surface area contributed by atoms with Crippen LogP contribution in [0.3, 0.4) is 0 Å². The van der Waals surface area contributed by atoms with Crippen molar-refractivity contribution in [3.05, 3.63) is 65.5 Å². The Kier molecular flexibility index (Phi) is 5.86. The van der Waals surface area contributed by atoms with Crippen molar-refractivity contribution >= 4 is 5.52 Å². The van der Waals surface area contributed by atoms with E-state index in [-0.39, 0.29) is 5.75 Å². The molecule has 1 aromatic carbocycles. The number of aromatic nitrogens is 1. The first kappa shape index (κ1) is 20.2. The average Bonchev–Trinajstić information content (AvgIpc) is 3.51. The predicted octanol–water partition coefficient (Wildman–Crippen LogP) is 4.98. The summed E-state index contributed by atoms with van der Waals surface area (Å²) in [7, 11) is 0. The molecule has 5 nitrogen and oxygen atoms in total. The molecule has 0 unspecified atom stereocenters. The molecular weight excluding hydrogens is 388 g/mol. The number of rotatable bonds is 9. The van der Waals surface area contributed by atoms with Crippen LogP contribution in [0.2, 0.25) is 0 Å². The molecule has 0 atom stereocenters. The summed E-state index contributed by atoms with van der Waals surface area (Å²) in [5.41, 5.74) is 3.53. The molecule has 0 spiro atoms. The van der Waals surface area contributed by atoms with Crippen LogP contribution in [0.1, 0.15) is 36.5 Å². The highest BCUT2D eigenvalue weighted by Gasteiger charge is 2.30. The molecule has 7 heteroatoms. The maximum Gasteiger partial charge on any atom is 0.387 e.